The Labute approximate surface area is 182 Å². The third-order valence-electron chi connectivity index (χ3n) is 5.38. The van der Waals surface area contributed by atoms with E-state index < -0.39 is 18.0 Å². The van der Waals surface area contributed by atoms with Crippen molar-refractivity contribution in [1.82, 2.24) is 24.7 Å². The maximum atomic E-state index is 12.7. The number of aryl methyl sites for hydroxylation is 1. The minimum atomic E-state index is -4.41. The van der Waals surface area contributed by atoms with Gasteiger partial charge >= 0.3 is 6.18 Å². The van der Waals surface area contributed by atoms with Crippen molar-refractivity contribution in [2.45, 2.75) is 45.4 Å². The molecule has 0 aliphatic carbocycles. The van der Waals surface area contributed by atoms with Gasteiger partial charge < -0.3 is 20.6 Å². The van der Waals surface area contributed by atoms with Crippen LogP contribution in [0.1, 0.15) is 29.4 Å². The average Bonchev–Trinajstić information content (AvgIpc) is 3.18. The van der Waals surface area contributed by atoms with Crippen molar-refractivity contribution in [3.05, 3.63) is 53.2 Å². The highest BCUT2D eigenvalue weighted by molar-refractivity contribution is 5.72. The van der Waals surface area contributed by atoms with E-state index in [1.165, 1.54) is 6.07 Å². The van der Waals surface area contributed by atoms with Gasteiger partial charge in [0.2, 0.25) is 5.95 Å². The number of fused-ring (bicyclic) bond motifs is 1. The molecule has 0 amide bonds. The van der Waals surface area contributed by atoms with Crippen LogP contribution >= 0.6 is 0 Å². The predicted molar refractivity (Wildman–Crippen MR) is 112 cm³/mol. The molecule has 0 aromatic carbocycles. The Morgan fingerprint density at radius 1 is 1.22 bits per heavy atom. The molecule has 4 rings (SSSR count). The normalized spacial score (nSPS) is 18.3. The lowest BCUT2D eigenvalue weighted by atomic mass is 10.1. The van der Waals surface area contributed by atoms with Crippen LogP contribution in [0.3, 0.4) is 0 Å². The number of nitrogens with one attached hydrogen (secondary N) is 2. The van der Waals surface area contributed by atoms with E-state index in [0.29, 0.717) is 35.4 Å². The lowest BCUT2D eigenvalue weighted by molar-refractivity contribution is -0.137. The largest absolute Gasteiger partial charge is 0.417 e. The van der Waals surface area contributed by atoms with Crippen LogP contribution in [0.25, 0.3) is 0 Å². The zero-order chi connectivity index (χ0) is 23.0. The number of pyridine rings is 1. The number of aliphatic hydroxyl groups excluding tert-OH is 1. The van der Waals surface area contributed by atoms with Gasteiger partial charge in [-0.05, 0) is 26.0 Å². The van der Waals surface area contributed by atoms with Gasteiger partial charge in [-0.15, -0.1) is 0 Å². The van der Waals surface area contributed by atoms with Crippen molar-refractivity contribution in [3.63, 3.8) is 0 Å². The van der Waals surface area contributed by atoms with Crippen LogP contribution in [0.5, 0.6) is 0 Å². The summed E-state index contributed by atoms with van der Waals surface area (Å²) in [6, 6.07) is 2.20. The molecule has 4 heterocycles. The molecular formula is C20H23F3N8O. The lowest BCUT2D eigenvalue weighted by Gasteiger charge is -2.37. The monoisotopic (exact) mass is 448 g/mol. The summed E-state index contributed by atoms with van der Waals surface area (Å²) in [6.07, 6.45) is -0.852. The highest BCUT2D eigenvalue weighted by Gasteiger charge is 2.31. The predicted octanol–water partition coefficient (Wildman–Crippen LogP) is 2.62. The summed E-state index contributed by atoms with van der Waals surface area (Å²) < 4.78 is 39.6. The van der Waals surface area contributed by atoms with E-state index in [4.69, 9.17) is 0 Å². The van der Waals surface area contributed by atoms with Gasteiger partial charge in [-0.25, -0.2) is 4.98 Å². The van der Waals surface area contributed by atoms with Gasteiger partial charge in [0, 0.05) is 31.5 Å². The summed E-state index contributed by atoms with van der Waals surface area (Å²) in [5, 5.41) is 20.5. The van der Waals surface area contributed by atoms with Gasteiger partial charge in [-0.3, -0.25) is 9.67 Å². The number of hydrogen-bond acceptors (Lipinski definition) is 8. The van der Waals surface area contributed by atoms with Crippen molar-refractivity contribution in [1.29, 1.82) is 0 Å². The van der Waals surface area contributed by atoms with E-state index in [1.54, 1.807) is 17.1 Å². The molecule has 170 valence electrons. The molecule has 3 N–H and O–H groups in total. The molecule has 0 saturated carbocycles. The van der Waals surface area contributed by atoms with Crippen LogP contribution in [0.4, 0.5) is 30.6 Å². The average molecular weight is 448 g/mol. The first-order valence-corrected chi connectivity index (χ1v) is 9.95. The number of halogens is 3. The second kappa shape index (κ2) is 8.26. The second-order valence-electron chi connectivity index (χ2n) is 7.71. The van der Waals surface area contributed by atoms with Gasteiger partial charge in [0.15, 0.2) is 5.82 Å². The third kappa shape index (κ3) is 4.44. The van der Waals surface area contributed by atoms with Crippen molar-refractivity contribution in [3.8, 4) is 0 Å². The number of alkyl halides is 3. The number of anilines is 3. The summed E-state index contributed by atoms with van der Waals surface area (Å²) in [6.45, 7) is 4.40. The van der Waals surface area contributed by atoms with Crippen molar-refractivity contribution in [2.24, 2.45) is 0 Å². The van der Waals surface area contributed by atoms with Crippen molar-refractivity contribution in [2.75, 3.05) is 22.6 Å². The smallest absolute Gasteiger partial charge is 0.372 e. The van der Waals surface area contributed by atoms with E-state index in [2.05, 4.69) is 30.7 Å². The summed E-state index contributed by atoms with van der Waals surface area (Å²) in [7, 11) is 1.86. The minimum absolute atomic E-state index is 0.151. The summed E-state index contributed by atoms with van der Waals surface area (Å²) in [5.74, 6) is 1.14. The first kappa shape index (κ1) is 21.8. The molecule has 1 aliphatic heterocycles. The maximum Gasteiger partial charge on any atom is 0.417 e. The molecule has 1 unspecified atom stereocenters. The highest BCUT2D eigenvalue weighted by Crippen LogP contribution is 2.33. The van der Waals surface area contributed by atoms with Gasteiger partial charge in [0.05, 0.1) is 35.7 Å². The van der Waals surface area contributed by atoms with Crippen LogP contribution in [-0.2, 0) is 19.3 Å². The van der Waals surface area contributed by atoms with Gasteiger partial charge in [0.1, 0.15) is 11.9 Å². The molecule has 12 heteroatoms. The topological polar surface area (TPSA) is 104 Å². The Morgan fingerprint density at radius 2 is 2.00 bits per heavy atom. The van der Waals surface area contributed by atoms with Crippen LogP contribution < -0.4 is 15.5 Å². The standard InChI is InChI=1S/C20H23F3N8O/c1-11-16-17(30(3)12(2)18(32)28-16)29-19(27-11)25-6-13-7-26-31(9-13)10-15-5-4-14(8-24-15)20(21,22)23/h4-5,7-9,12,18,28,32H,6,10H2,1-3H3,(H,25,27,29)/t12-,18?/m0/s1. The van der Waals surface area contributed by atoms with Crippen LogP contribution in [0, 0.1) is 6.92 Å². The molecule has 1 aliphatic rings. The summed E-state index contributed by atoms with van der Waals surface area (Å²) in [5.41, 5.74) is 1.95. The van der Waals surface area contributed by atoms with Crippen molar-refractivity contribution < 1.29 is 18.3 Å². The number of nitrogens with zero attached hydrogens (tertiary/aromatic N) is 6. The molecule has 0 radical (unpaired) electrons. The molecule has 0 saturated heterocycles. The Bertz CT molecular complexity index is 1100. The Balaban J connectivity index is 1.41. The van der Waals surface area contributed by atoms with Crippen LogP contribution in [0.2, 0.25) is 0 Å². The SMILES string of the molecule is Cc1nc(NCc2cnn(Cc3ccc(C(F)(F)F)cn3)c2)nc2c1NC(O)[C@H](C)N2C. The summed E-state index contributed by atoms with van der Waals surface area (Å²) in [4.78, 5) is 14.8. The molecule has 3 aromatic rings. The zero-order valence-corrected chi connectivity index (χ0v) is 17.7. The van der Waals surface area contributed by atoms with Crippen molar-refractivity contribution >= 4 is 17.5 Å². The lowest BCUT2D eigenvalue weighted by Crippen LogP contribution is -2.48. The van der Waals surface area contributed by atoms with Gasteiger partial charge in [0.25, 0.3) is 0 Å². The fraction of sp³-hybridized carbons (Fsp3) is 0.400. The maximum absolute atomic E-state index is 12.7. The summed E-state index contributed by atoms with van der Waals surface area (Å²) >= 11 is 0. The third-order valence-corrected chi connectivity index (χ3v) is 5.38. The number of hydrogen-bond donors (Lipinski definition) is 3. The van der Waals surface area contributed by atoms with Crippen LogP contribution in [-0.4, -0.2) is 49.2 Å². The fourth-order valence-corrected chi connectivity index (χ4v) is 3.35. The number of likely N-dealkylation sites (N-methyl/N-ethyl adjacent to an activating group) is 1. The quantitative estimate of drug-likeness (QED) is 0.547. The number of aliphatic hydroxyl groups is 1. The first-order valence-electron chi connectivity index (χ1n) is 9.95. The molecule has 0 fully saturated rings. The highest BCUT2D eigenvalue weighted by atomic mass is 19.4. The molecule has 32 heavy (non-hydrogen) atoms. The molecule has 0 spiro atoms. The first-order chi connectivity index (χ1) is 15.1. The Morgan fingerprint density at radius 3 is 2.69 bits per heavy atom. The number of aromatic nitrogens is 5. The van der Waals surface area contributed by atoms with E-state index in [1.807, 2.05) is 25.8 Å². The molecule has 9 nitrogen and oxygen atoms in total. The van der Waals surface area contributed by atoms with Crippen LogP contribution in [0.15, 0.2) is 30.7 Å². The molecule has 2 atom stereocenters. The van der Waals surface area contributed by atoms with Gasteiger partial charge in [-0.1, -0.05) is 0 Å². The second-order valence-corrected chi connectivity index (χ2v) is 7.71. The van der Waals surface area contributed by atoms with E-state index in [0.717, 1.165) is 17.8 Å². The fourth-order valence-electron chi connectivity index (χ4n) is 3.35. The Hall–Kier alpha value is -3.41. The van der Waals surface area contributed by atoms with Gasteiger partial charge in [-0.2, -0.15) is 23.3 Å². The van der Waals surface area contributed by atoms with E-state index >= 15 is 0 Å². The zero-order valence-electron chi connectivity index (χ0n) is 17.7. The minimum Gasteiger partial charge on any atom is -0.372 e. The number of rotatable bonds is 5. The van der Waals surface area contributed by atoms with E-state index in [9.17, 15) is 18.3 Å². The van der Waals surface area contributed by atoms with E-state index in [-0.39, 0.29) is 12.6 Å². The molecule has 3 aromatic heterocycles. The molecular weight excluding hydrogens is 425 g/mol. The molecule has 0 bridgehead atoms. The Kier molecular flexibility index (Phi) is 5.63.